The van der Waals surface area contributed by atoms with Crippen molar-refractivity contribution in [1.82, 2.24) is 4.90 Å². The van der Waals surface area contributed by atoms with Crippen LogP contribution in [0.2, 0.25) is 0 Å². The van der Waals surface area contributed by atoms with Gasteiger partial charge in [-0.3, -0.25) is 19.3 Å². The minimum Gasteiger partial charge on any atom is -0.310 e. The average molecular weight is 469 g/mol. The monoisotopic (exact) mass is 469 g/mol. The van der Waals surface area contributed by atoms with Crippen molar-refractivity contribution in [3.8, 4) is 0 Å². The Hall–Kier alpha value is -3.20. The van der Waals surface area contributed by atoms with Crippen molar-refractivity contribution < 1.29 is 27.6 Å². The molecule has 4 aliphatic rings. The van der Waals surface area contributed by atoms with E-state index in [1.807, 2.05) is 30.0 Å². The van der Waals surface area contributed by atoms with E-state index >= 15 is 0 Å². The van der Waals surface area contributed by atoms with Crippen LogP contribution in [0.5, 0.6) is 0 Å². The van der Waals surface area contributed by atoms with Crippen LogP contribution in [0.15, 0.2) is 48.5 Å². The average Bonchev–Trinajstić information content (AvgIpc) is 3.50. The van der Waals surface area contributed by atoms with E-state index in [2.05, 4.69) is 0 Å². The van der Waals surface area contributed by atoms with Crippen molar-refractivity contribution in [2.45, 2.75) is 37.5 Å². The third-order valence-electron chi connectivity index (χ3n) is 7.91. The van der Waals surface area contributed by atoms with E-state index < -0.39 is 46.6 Å². The van der Waals surface area contributed by atoms with Crippen LogP contribution in [0, 0.1) is 11.8 Å². The number of para-hydroxylation sites is 2. The van der Waals surface area contributed by atoms with Gasteiger partial charge in [0.1, 0.15) is 5.54 Å². The van der Waals surface area contributed by atoms with Gasteiger partial charge in [0.05, 0.1) is 23.1 Å². The number of carbonyl (C=O) groups is 3. The number of halogens is 3. The Morgan fingerprint density at radius 1 is 0.971 bits per heavy atom. The second kappa shape index (κ2) is 6.91. The Balaban J connectivity index is 1.57. The molecule has 3 saturated heterocycles. The highest BCUT2D eigenvalue weighted by atomic mass is 19.4. The highest BCUT2D eigenvalue weighted by Gasteiger charge is 2.75. The normalized spacial score (nSPS) is 30.5. The molecule has 2 aromatic rings. The summed E-state index contributed by atoms with van der Waals surface area (Å²) >= 11 is 0. The number of amides is 3. The second-order valence-corrected chi connectivity index (χ2v) is 9.27. The number of rotatable bonds is 2. The lowest BCUT2D eigenvalue weighted by atomic mass is 9.75. The molecule has 4 heterocycles. The third kappa shape index (κ3) is 2.38. The highest BCUT2D eigenvalue weighted by Crippen LogP contribution is 2.62. The SMILES string of the molecule is CCN1C(=O)[C@]2(c3ccccc31)[C@@H]1C(=O)N(c3ccccc3C(F)(F)F)C(=O)[C@H]1[C@H]1CCCN12. The Morgan fingerprint density at radius 2 is 1.65 bits per heavy atom. The van der Waals surface area contributed by atoms with Crippen molar-refractivity contribution in [2.24, 2.45) is 11.8 Å². The minimum absolute atomic E-state index is 0.275. The highest BCUT2D eigenvalue weighted by molar-refractivity contribution is 6.26. The summed E-state index contributed by atoms with van der Waals surface area (Å²) in [6.45, 7) is 2.78. The first kappa shape index (κ1) is 21.3. The number of anilines is 2. The molecule has 34 heavy (non-hydrogen) atoms. The van der Waals surface area contributed by atoms with Crippen LogP contribution in [-0.2, 0) is 26.1 Å². The molecule has 2 aromatic carbocycles. The lowest BCUT2D eigenvalue weighted by molar-refractivity contribution is -0.138. The van der Waals surface area contributed by atoms with E-state index in [0.29, 0.717) is 35.7 Å². The molecule has 3 amide bonds. The van der Waals surface area contributed by atoms with E-state index in [-0.39, 0.29) is 11.9 Å². The van der Waals surface area contributed by atoms with Crippen LogP contribution in [0.4, 0.5) is 24.5 Å². The van der Waals surface area contributed by atoms with Gasteiger partial charge in [-0.2, -0.15) is 13.2 Å². The van der Waals surface area contributed by atoms with Crippen molar-refractivity contribution in [2.75, 3.05) is 22.9 Å². The number of alkyl halides is 3. The molecule has 9 heteroatoms. The maximum atomic E-state index is 14.0. The summed E-state index contributed by atoms with van der Waals surface area (Å²) in [5.41, 5.74) is -1.54. The van der Waals surface area contributed by atoms with Crippen molar-refractivity contribution in [1.29, 1.82) is 0 Å². The quantitative estimate of drug-likeness (QED) is 0.632. The predicted molar refractivity (Wildman–Crippen MR) is 117 cm³/mol. The standard InChI is InChI=1S/C25H22F3N3O3/c1-2-29-16-10-5-3-8-14(16)24(23(29)34)20-19(18-12-7-13-30(18)24)21(32)31(22(20)33)17-11-6-4-9-15(17)25(26,27)28/h3-6,8-11,18-20H,2,7,12-13H2,1H3/t18-,19+,20+,24+/m1/s1. The van der Waals surface area contributed by atoms with Crippen LogP contribution < -0.4 is 9.80 Å². The number of benzene rings is 2. The first-order chi connectivity index (χ1) is 16.2. The zero-order valence-electron chi connectivity index (χ0n) is 18.4. The first-order valence-electron chi connectivity index (χ1n) is 11.5. The fourth-order valence-electron chi connectivity index (χ4n) is 6.80. The van der Waals surface area contributed by atoms with Gasteiger partial charge >= 0.3 is 6.18 Å². The molecule has 176 valence electrons. The summed E-state index contributed by atoms with van der Waals surface area (Å²) in [5, 5.41) is 0. The fourth-order valence-corrected chi connectivity index (χ4v) is 6.80. The molecule has 0 aliphatic carbocycles. The largest absolute Gasteiger partial charge is 0.418 e. The van der Waals surface area contributed by atoms with Gasteiger partial charge in [-0.05, 0) is 44.5 Å². The molecule has 6 rings (SSSR count). The number of likely N-dealkylation sites (N-methyl/N-ethyl adjacent to an activating group) is 1. The van der Waals surface area contributed by atoms with Gasteiger partial charge in [0.2, 0.25) is 11.8 Å². The van der Waals surface area contributed by atoms with E-state index in [1.54, 1.807) is 11.0 Å². The zero-order valence-corrected chi connectivity index (χ0v) is 18.4. The third-order valence-corrected chi connectivity index (χ3v) is 7.91. The Kier molecular flexibility index (Phi) is 4.34. The van der Waals surface area contributed by atoms with Crippen LogP contribution >= 0.6 is 0 Å². The first-order valence-corrected chi connectivity index (χ1v) is 11.5. The van der Waals surface area contributed by atoms with Crippen molar-refractivity contribution in [3.05, 3.63) is 59.7 Å². The number of carbonyl (C=O) groups excluding carboxylic acids is 3. The number of imide groups is 1. The molecule has 4 aliphatic heterocycles. The smallest absolute Gasteiger partial charge is 0.310 e. The molecule has 0 unspecified atom stereocenters. The molecule has 0 aromatic heterocycles. The maximum Gasteiger partial charge on any atom is 0.418 e. The number of nitrogens with zero attached hydrogens (tertiary/aromatic N) is 3. The van der Waals surface area contributed by atoms with Crippen LogP contribution in [0.25, 0.3) is 0 Å². The Morgan fingerprint density at radius 3 is 2.35 bits per heavy atom. The van der Waals surface area contributed by atoms with Gasteiger partial charge in [-0.15, -0.1) is 0 Å². The topological polar surface area (TPSA) is 60.9 Å². The number of fused-ring (bicyclic) bond motifs is 7. The molecule has 6 nitrogen and oxygen atoms in total. The molecule has 1 spiro atoms. The minimum atomic E-state index is -4.74. The summed E-state index contributed by atoms with van der Waals surface area (Å²) in [6.07, 6.45) is -3.38. The maximum absolute atomic E-state index is 14.0. The van der Waals surface area contributed by atoms with Gasteiger partial charge in [-0.25, -0.2) is 4.90 Å². The van der Waals surface area contributed by atoms with Crippen molar-refractivity contribution >= 4 is 29.1 Å². The Labute approximate surface area is 193 Å². The molecular formula is C25H22F3N3O3. The molecule has 3 fully saturated rings. The van der Waals surface area contributed by atoms with Gasteiger partial charge in [0, 0.05) is 23.8 Å². The number of hydrogen-bond donors (Lipinski definition) is 0. The molecule has 4 atom stereocenters. The van der Waals surface area contributed by atoms with Crippen LogP contribution in [0.1, 0.15) is 30.9 Å². The Bertz CT molecular complexity index is 1250. The lowest BCUT2D eigenvalue weighted by Crippen LogP contribution is -2.56. The summed E-state index contributed by atoms with van der Waals surface area (Å²) in [4.78, 5) is 46.0. The van der Waals surface area contributed by atoms with E-state index in [9.17, 15) is 27.6 Å². The van der Waals surface area contributed by atoms with Gasteiger partial charge in [0.15, 0.2) is 0 Å². The number of hydrogen-bond acceptors (Lipinski definition) is 4. The van der Waals surface area contributed by atoms with E-state index in [0.717, 1.165) is 18.6 Å². The second-order valence-electron chi connectivity index (χ2n) is 9.27. The summed E-state index contributed by atoms with van der Waals surface area (Å²) < 4.78 is 41.4. The van der Waals surface area contributed by atoms with E-state index in [4.69, 9.17) is 0 Å². The van der Waals surface area contributed by atoms with Crippen molar-refractivity contribution in [3.63, 3.8) is 0 Å². The summed E-state index contributed by atoms with van der Waals surface area (Å²) in [6, 6.07) is 11.5. The zero-order chi connectivity index (χ0) is 24.0. The predicted octanol–water partition coefficient (Wildman–Crippen LogP) is 3.55. The molecular weight excluding hydrogens is 447 g/mol. The molecule has 0 bridgehead atoms. The molecule has 0 radical (unpaired) electrons. The lowest BCUT2D eigenvalue weighted by Gasteiger charge is -2.37. The van der Waals surface area contributed by atoms with Crippen LogP contribution in [-0.4, -0.2) is 41.8 Å². The van der Waals surface area contributed by atoms with Gasteiger partial charge in [-0.1, -0.05) is 30.3 Å². The van der Waals surface area contributed by atoms with E-state index in [1.165, 1.54) is 12.1 Å². The molecule has 0 saturated carbocycles. The summed E-state index contributed by atoms with van der Waals surface area (Å²) in [7, 11) is 0. The van der Waals surface area contributed by atoms with Gasteiger partial charge < -0.3 is 4.90 Å². The van der Waals surface area contributed by atoms with Crippen LogP contribution in [0.3, 0.4) is 0 Å². The molecule has 0 N–H and O–H groups in total. The van der Waals surface area contributed by atoms with Gasteiger partial charge in [0.25, 0.3) is 5.91 Å². The summed E-state index contributed by atoms with van der Waals surface area (Å²) in [5.74, 6) is -3.60. The fraction of sp³-hybridized carbons (Fsp3) is 0.400.